The zero-order valence-electron chi connectivity index (χ0n) is 20.9. The highest BCUT2D eigenvalue weighted by Crippen LogP contribution is 2.29. The van der Waals surface area contributed by atoms with Crippen LogP contribution < -0.4 is 14.4 Å². The number of benzene rings is 3. The van der Waals surface area contributed by atoms with Crippen LogP contribution in [0.15, 0.2) is 66.7 Å². The first kappa shape index (κ1) is 25.6. The zero-order valence-corrected chi connectivity index (χ0v) is 20.9. The Hall–Kier alpha value is -4.46. The lowest BCUT2D eigenvalue weighted by molar-refractivity contribution is -0.147. The molecule has 37 heavy (non-hydrogen) atoms. The molecule has 0 unspecified atom stereocenters. The molecule has 3 aromatic rings. The van der Waals surface area contributed by atoms with E-state index in [0.717, 1.165) is 16.8 Å². The fourth-order valence-electron chi connectivity index (χ4n) is 4.07. The van der Waals surface area contributed by atoms with Gasteiger partial charge in [0.1, 0.15) is 11.5 Å². The van der Waals surface area contributed by atoms with E-state index in [-0.39, 0.29) is 24.6 Å². The summed E-state index contributed by atoms with van der Waals surface area (Å²) in [5.41, 5.74) is 3.37. The maximum Gasteiger partial charge on any atom is 0.343 e. The number of esters is 2. The van der Waals surface area contributed by atoms with Crippen molar-refractivity contribution in [3.8, 4) is 11.5 Å². The molecule has 0 spiro atoms. The highest BCUT2D eigenvalue weighted by atomic mass is 16.5. The van der Waals surface area contributed by atoms with Crippen LogP contribution in [-0.4, -0.2) is 43.9 Å². The van der Waals surface area contributed by atoms with E-state index >= 15 is 0 Å². The zero-order chi connectivity index (χ0) is 26.5. The molecule has 0 bridgehead atoms. The predicted molar refractivity (Wildman–Crippen MR) is 136 cm³/mol. The minimum absolute atomic E-state index is 0.0355. The predicted octanol–water partition coefficient (Wildman–Crippen LogP) is 4.31. The van der Waals surface area contributed by atoms with E-state index in [1.54, 1.807) is 29.2 Å². The average Bonchev–Trinajstić information content (AvgIpc) is 3.30. The summed E-state index contributed by atoms with van der Waals surface area (Å²) >= 11 is 0. The Labute approximate surface area is 214 Å². The lowest BCUT2D eigenvalue weighted by Crippen LogP contribution is -2.27. The molecule has 190 valence electrons. The van der Waals surface area contributed by atoms with E-state index in [0.29, 0.717) is 16.9 Å². The van der Waals surface area contributed by atoms with Crippen LogP contribution in [0.3, 0.4) is 0 Å². The minimum Gasteiger partial charge on any atom is -0.497 e. The Morgan fingerprint density at radius 3 is 2.41 bits per heavy atom. The number of ketones is 1. The fraction of sp³-hybridized carbons (Fsp3) is 0.241. The number of amides is 1. The van der Waals surface area contributed by atoms with Gasteiger partial charge >= 0.3 is 11.9 Å². The maximum absolute atomic E-state index is 12.6. The first-order valence-corrected chi connectivity index (χ1v) is 11.8. The number of methoxy groups -OCH3 is 1. The number of hydrogen-bond acceptors (Lipinski definition) is 7. The number of rotatable bonds is 8. The molecule has 0 saturated carbocycles. The van der Waals surface area contributed by atoms with Gasteiger partial charge in [0.25, 0.3) is 0 Å². The molecule has 1 amide bonds. The quantitative estimate of drug-likeness (QED) is 0.258. The SMILES string of the molecule is COc1cccc(C(=O)Oc2ccc(C(=O)COC(=O)[C@@H]3CC(=O)N(c4cc(C)ccc4C)C3)cc2)c1. The molecule has 0 radical (unpaired) electrons. The van der Waals surface area contributed by atoms with Gasteiger partial charge in [0.05, 0.1) is 18.6 Å². The van der Waals surface area contributed by atoms with Crippen molar-refractivity contribution in [2.45, 2.75) is 20.3 Å². The van der Waals surface area contributed by atoms with Gasteiger partial charge in [-0.3, -0.25) is 14.4 Å². The number of carbonyl (C=O) groups excluding carboxylic acids is 4. The van der Waals surface area contributed by atoms with Crippen LogP contribution in [0.2, 0.25) is 0 Å². The Balaban J connectivity index is 1.30. The number of carbonyl (C=O) groups is 4. The van der Waals surface area contributed by atoms with Gasteiger partial charge in [0.2, 0.25) is 5.91 Å². The van der Waals surface area contributed by atoms with Crippen molar-refractivity contribution < 1.29 is 33.4 Å². The minimum atomic E-state index is -0.640. The highest BCUT2D eigenvalue weighted by Gasteiger charge is 2.37. The van der Waals surface area contributed by atoms with Crippen molar-refractivity contribution in [2.75, 3.05) is 25.2 Å². The largest absolute Gasteiger partial charge is 0.497 e. The number of anilines is 1. The van der Waals surface area contributed by atoms with Gasteiger partial charge in [-0.25, -0.2) is 4.79 Å². The molecule has 1 saturated heterocycles. The normalized spacial score (nSPS) is 14.8. The molecule has 8 nitrogen and oxygen atoms in total. The van der Waals surface area contributed by atoms with Crippen molar-refractivity contribution in [3.63, 3.8) is 0 Å². The van der Waals surface area contributed by atoms with Crippen LogP contribution in [0.5, 0.6) is 11.5 Å². The molecule has 8 heteroatoms. The molecule has 1 fully saturated rings. The second kappa shape index (κ2) is 11.1. The van der Waals surface area contributed by atoms with Crippen molar-refractivity contribution in [1.29, 1.82) is 0 Å². The summed E-state index contributed by atoms with van der Waals surface area (Å²) < 4.78 is 15.7. The van der Waals surface area contributed by atoms with E-state index in [9.17, 15) is 19.2 Å². The molecule has 0 N–H and O–H groups in total. The molecule has 0 aliphatic carbocycles. The molecule has 1 aliphatic heterocycles. The Kier molecular flexibility index (Phi) is 7.67. The van der Waals surface area contributed by atoms with E-state index in [1.807, 2.05) is 32.0 Å². The number of aryl methyl sites for hydroxylation is 2. The van der Waals surface area contributed by atoms with Crippen molar-refractivity contribution in [1.82, 2.24) is 0 Å². The number of nitrogens with zero attached hydrogens (tertiary/aromatic N) is 1. The van der Waals surface area contributed by atoms with Crippen molar-refractivity contribution >= 4 is 29.3 Å². The highest BCUT2D eigenvalue weighted by molar-refractivity contribution is 6.01. The summed E-state index contributed by atoms with van der Waals surface area (Å²) in [7, 11) is 1.51. The monoisotopic (exact) mass is 501 g/mol. The third-order valence-electron chi connectivity index (χ3n) is 6.15. The van der Waals surface area contributed by atoms with Crippen molar-refractivity contribution in [3.05, 3.63) is 89.0 Å². The van der Waals surface area contributed by atoms with Crippen LogP contribution in [-0.2, 0) is 14.3 Å². The van der Waals surface area contributed by atoms with Gasteiger partial charge in [0, 0.05) is 24.2 Å². The van der Waals surface area contributed by atoms with Crippen LogP contribution >= 0.6 is 0 Å². The number of Topliss-reactive ketones (excluding diaryl/α,β-unsaturated/α-hetero) is 1. The fourth-order valence-corrected chi connectivity index (χ4v) is 4.07. The molecule has 0 aromatic heterocycles. The van der Waals surface area contributed by atoms with Crippen LogP contribution in [0.4, 0.5) is 5.69 Å². The van der Waals surface area contributed by atoms with Gasteiger partial charge in [-0.15, -0.1) is 0 Å². The summed E-state index contributed by atoms with van der Waals surface area (Å²) in [6.07, 6.45) is 0.0355. The lowest BCUT2D eigenvalue weighted by Gasteiger charge is -2.19. The summed E-state index contributed by atoms with van der Waals surface area (Å²) in [5.74, 6) is -1.55. The van der Waals surface area contributed by atoms with Gasteiger partial charge < -0.3 is 19.1 Å². The van der Waals surface area contributed by atoms with Crippen LogP contribution in [0, 0.1) is 19.8 Å². The van der Waals surface area contributed by atoms with Crippen LogP contribution in [0.25, 0.3) is 0 Å². The summed E-state index contributed by atoms with van der Waals surface area (Å²) in [4.78, 5) is 51.6. The molecular formula is C29H27NO7. The summed E-state index contributed by atoms with van der Waals surface area (Å²) in [6, 6.07) is 18.4. The lowest BCUT2D eigenvalue weighted by atomic mass is 10.1. The Morgan fingerprint density at radius 1 is 0.919 bits per heavy atom. The van der Waals surface area contributed by atoms with E-state index in [1.165, 1.54) is 31.4 Å². The van der Waals surface area contributed by atoms with Gasteiger partial charge in [-0.05, 0) is 73.5 Å². The summed E-state index contributed by atoms with van der Waals surface area (Å²) in [5, 5.41) is 0. The molecule has 4 rings (SSSR count). The Morgan fingerprint density at radius 2 is 1.68 bits per heavy atom. The number of ether oxygens (including phenoxy) is 3. The second-order valence-electron chi connectivity index (χ2n) is 8.87. The van der Waals surface area contributed by atoms with E-state index in [4.69, 9.17) is 14.2 Å². The standard InChI is InChI=1S/C29H27NO7/c1-18-7-8-19(2)25(13-18)30-16-22(15-27(30)32)28(33)36-17-26(31)20-9-11-23(12-10-20)37-29(34)21-5-4-6-24(14-21)35-3/h4-14,22H,15-17H2,1-3H3/t22-/m1/s1. The van der Waals surface area contributed by atoms with Crippen molar-refractivity contribution in [2.24, 2.45) is 5.92 Å². The molecule has 1 aliphatic rings. The van der Waals surface area contributed by atoms with Gasteiger partial charge in [0.15, 0.2) is 12.4 Å². The van der Waals surface area contributed by atoms with Gasteiger partial charge in [-0.2, -0.15) is 0 Å². The Bertz CT molecular complexity index is 1350. The number of hydrogen-bond donors (Lipinski definition) is 0. The molecule has 3 aromatic carbocycles. The smallest absolute Gasteiger partial charge is 0.343 e. The van der Waals surface area contributed by atoms with Crippen LogP contribution in [0.1, 0.15) is 38.3 Å². The first-order chi connectivity index (χ1) is 17.7. The third kappa shape index (κ3) is 6.03. The first-order valence-electron chi connectivity index (χ1n) is 11.8. The molecule has 1 atom stereocenters. The topological polar surface area (TPSA) is 99.2 Å². The third-order valence-corrected chi connectivity index (χ3v) is 6.15. The van der Waals surface area contributed by atoms with Gasteiger partial charge in [-0.1, -0.05) is 18.2 Å². The maximum atomic E-state index is 12.6. The average molecular weight is 502 g/mol. The van der Waals surface area contributed by atoms with E-state index in [2.05, 4.69) is 0 Å². The molecular weight excluding hydrogens is 474 g/mol. The molecule has 1 heterocycles. The summed E-state index contributed by atoms with van der Waals surface area (Å²) in [6.45, 7) is 3.62. The second-order valence-corrected chi connectivity index (χ2v) is 8.87. The van der Waals surface area contributed by atoms with E-state index < -0.39 is 30.2 Å².